The van der Waals surface area contributed by atoms with E-state index in [9.17, 15) is 13.9 Å². The van der Waals surface area contributed by atoms with E-state index in [1.165, 1.54) is 0 Å². The van der Waals surface area contributed by atoms with Crippen LogP contribution in [0.2, 0.25) is 0 Å². The Balaban J connectivity index is 1.51. The first-order valence-electron chi connectivity index (χ1n) is 13.1. The van der Waals surface area contributed by atoms with Crippen molar-refractivity contribution in [2.45, 2.75) is 37.9 Å². The largest absolute Gasteiger partial charge is 0.432 e. The normalized spacial score (nSPS) is 14.7. The number of carbonyl (C=O) groups excluding carboxylic acids is 1. The van der Waals surface area contributed by atoms with Gasteiger partial charge in [0.05, 0.1) is 26.4 Å². The molecule has 1 aliphatic heterocycles. The lowest BCUT2D eigenvalue weighted by Gasteiger charge is -2.46. The van der Waals surface area contributed by atoms with E-state index in [1.807, 2.05) is 72.8 Å². The van der Waals surface area contributed by atoms with Gasteiger partial charge in [-0.25, -0.2) is 0 Å². The number of carbonyl (C=O) groups is 1. The zero-order chi connectivity index (χ0) is 28.6. The van der Waals surface area contributed by atoms with Crippen LogP contribution >= 0.6 is 15.2 Å². The van der Waals surface area contributed by atoms with E-state index < -0.39 is 32.7 Å². The second kappa shape index (κ2) is 13.1. The van der Waals surface area contributed by atoms with Crippen LogP contribution < -0.4 is 0 Å². The van der Waals surface area contributed by atoms with E-state index >= 15 is 0 Å². The molecule has 0 aromatic heterocycles. The van der Waals surface area contributed by atoms with Crippen molar-refractivity contribution in [2.24, 2.45) is 0 Å². The van der Waals surface area contributed by atoms with E-state index in [2.05, 4.69) is 0 Å². The number of hydrogen-bond acceptors (Lipinski definition) is 8. The minimum absolute atomic E-state index is 0.149. The molecule has 1 aliphatic rings. The second-order valence-electron chi connectivity index (χ2n) is 9.43. The Labute approximate surface area is 239 Å². The monoisotopic (exact) mass is 592 g/mol. The minimum Gasteiger partial charge on any atom is -0.432 e. The van der Waals surface area contributed by atoms with Crippen molar-refractivity contribution < 1.29 is 36.8 Å². The first-order valence-corrected chi connectivity index (χ1v) is 16.2. The molecule has 1 fully saturated rings. The summed E-state index contributed by atoms with van der Waals surface area (Å²) in [5.74, 6) is -0.719. The maximum atomic E-state index is 14.8. The maximum Gasteiger partial charge on any atom is 0.387 e. The Hall–Kier alpha value is -3.35. The van der Waals surface area contributed by atoms with Gasteiger partial charge < -0.3 is 22.8 Å². The summed E-state index contributed by atoms with van der Waals surface area (Å²) >= 11 is 0. The van der Waals surface area contributed by atoms with Crippen LogP contribution in [0.15, 0.2) is 121 Å². The molecule has 0 bridgehead atoms. The Kier molecular flexibility index (Phi) is 9.31. The molecule has 4 aromatic rings. The van der Waals surface area contributed by atoms with Gasteiger partial charge in [0.15, 0.2) is 0 Å². The number of esters is 1. The summed E-state index contributed by atoms with van der Waals surface area (Å²) in [5, 5.41) is -2.30. The predicted octanol–water partition coefficient (Wildman–Crippen LogP) is 7.84. The Morgan fingerprint density at radius 2 is 0.756 bits per heavy atom. The third-order valence-corrected chi connectivity index (χ3v) is 12.0. The molecule has 0 aliphatic carbocycles. The van der Waals surface area contributed by atoms with Gasteiger partial charge in [-0.05, 0) is 22.3 Å². The number of hydrogen-bond donors (Lipinski definition) is 0. The van der Waals surface area contributed by atoms with Crippen molar-refractivity contribution in [3.05, 3.63) is 144 Å². The quantitative estimate of drug-likeness (QED) is 0.108. The zero-order valence-corrected chi connectivity index (χ0v) is 24.0. The van der Waals surface area contributed by atoms with E-state index in [-0.39, 0.29) is 26.4 Å². The lowest BCUT2D eigenvalue weighted by atomic mass is 10.2. The maximum absolute atomic E-state index is 14.8. The standard InChI is InChI=1S/C31H30O8P2/c32-30-21-31(39-30,40(33,35-22-26-13-5-1-6-14-26)36-23-27-15-7-2-8-16-27)41(34,37-24-28-17-9-3-10-18-28)38-25-29-19-11-4-12-20-29/h1-20H,21-25H2. The Morgan fingerprint density at radius 3 is 0.976 bits per heavy atom. The molecule has 5 rings (SSSR count). The van der Waals surface area contributed by atoms with Crippen molar-refractivity contribution >= 4 is 21.2 Å². The van der Waals surface area contributed by atoms with Crippen LogP contribution in [-0.4, -0.2) is 11.1 Å². The number of cyclic esters (lactones) is 1. The number of rotatable bonds is 14. The topological polar surface area (TPSA) is 97.4 Å². The molecule has 0 atom stereocenters. The van der Waals surface area contributed by atoms with Crippen molar-refractivity contribution in [3.8, 4) is 0 Å². The van der Waals surface area contributed by atoms with Crippen LogP contribution in [0.1, 0.15) is 28.7 Å². The average Bonchev–Trinajstić information content (AvgIpc) is 3.01. The molecule has 10 heteroatoms. The van der Waals surface area contributed by atoms with Crippen LogP contribution in [0.25, 0.3) is 0 Å². The molecule has 212 valence electrons. The highest BCUT2D eigenvalue weighted by molar-refractivity contribution is 7.74. The first kappa shape index (κ1) is 29.2. The van der Waals surface area contributed by atoms with Crippen LogP contribution in [0.5, 0.6) is 0 Å². The molecule has 0 N–H and O–H groups in total. The molecule has 1 heterocycles. The van der Waals surface area contributed by atoms with E-state index in [1.54, 1.807) is 48.5 Å². The molecule has 0 radical (unpaired) electrons. The zero-order valence-electron chi connectivity index (χ0n) is 22.2. The van der Waals surface area contributed by atoms with Gasteiger partial charge >= 0.3 is 26.2 Å². The van der Waals surface area contributed by atoms with Gasteiger partial charge in [-0.3, -0.25) is 13.9 Å². The van der Waals surface area contributed by atoms with E-state index in [0.717, 1.165) is 0 Å². The SMILES string of the molecule is O=C1CC(P(=O)(OCc2ccccc2)OCc2ccccc2)(P(=O)(OCc2ccccc2)OCc2ccccc2)O1. The fourth-order valence-electron chi connectivity index (χ4n) is 4.23. The van der Waals surface area contributed by atoms with Crippen molar-refractivity contribution in [3.63, 3.8) is 0 Å². The summed E-state index contributed by atoms with van der Waals surface area (Å²) in [4.78, 5) is 12.4. The molecule has 41 heavy (non-hydrogen) atoms. The van der Waals surface area contributed by atoms with Gasteiger partial charge in [-0.15, -0.1) is 0 Å². The molecule has 0 spiro atoms. The van der Waals surface area contributed by atoms with Gasteiger partial charge in [-0.1, -0.05) is 121 Å². The molecule has 4 aromatic carbocycles. The third-order valence-electron chi connectivity index (χ3n) is 6.48. The summed E-state index contributed by atoms with van der Waals surface area (Å²) < 4.78 is 59.1. The summed E-state index contributed by atoms with van der Waals surface area (Å²) in [6, 6.07) is 36.2. The van der Waals surface area contributed by atoms with Gasteiger partial charge in [-0.2, -0.15) is 0 Å². The highest BCUT2D eigenvalue weighted by atomic mass is 31.2. The highest BCUT2D eigenvalue weighted by Gasteiger charge is 2.75. The highest BCUT2D eigenvalue weighted by Crippen LogP contribution is 2.82. The van der Waals surface area contributed by atoms with E-state index in [0.29, 0.717) is 22.3 Å². The van der Waals surface area contributed by atoms with Crippen LogP contribution in [0.4, 0.5) is 0 Å². The van der Waals surface area contributed by atoms with Crippen molar-refractivity contribution in [1.29, 1.82) is 0 Å². The molecule has 0 saturated carbocycles. The smallest absolute Gasteiger partial charge is 0.387 e. The molecule has 0 amide bonds. The van der Waals surface area contributed by atoms with Crippen molar-refractivity contribution in [1.82, 2.24) is 0 Å². The summed E-state index contributed by atoms with van der Waals surface area (Å²) in [7, 11) is -9.09. The fourth-order valence-corrected chi connectivity index (χ4v) is 9.43. The lowest BCUT2D eigenvalue weighted by molar-refractivity contribution is -0.171. The van der Waals surface area contributed by atoms with Crippen molar-refractivity contribution in [2.75, 3.05) is 0 Å². The predicted molar refractivity (Wildman–Crippen MR) is 154 cm³/mol. The number of benzene rings is 4. The first-order chi connectivity index (χ1) is 19.9. The third kappa shape index (κ3) is 6.77. The Morgan fingerprint density at radius 1 is 0.512 bits per heavy atom. The average molecular weight is 593 g/mol. The van der Waals surface area contributed by atoms with Crippen LogP contribution in [0, 0.1) is 0 Å². The lowest BCUT2D eigenvalue weighted by Crippen LogP contribution is -2.48. The van der Waals surface area contributed by atoms with Gasteiger partial charge in [0, 0.05) is 0 Å². The molecule has 1 saturated heterocycles. The molecule has 8 nitrogen and oxygen atoms in total. The Bertz CT molecular complexity index is 1310. The summed E-state index contributed by atoms with van der Waals surface area (Å²) in [5.41, 5.74) is 2.79. The minimum atomic E-state index is -4.54. The molecular weight excluding hydrogens is 562 g/mol. The van der Waals surface area contributed by atoms with E-state index in [4.69, 9.17) is 22.8 Å². The van der Waals surface area contributed by atoms with Gasteiger partial charge in [0.25, 0.3) is 0 Å². The molecule has 0 unspecified atom stereocenters. The van der Waals surface area contributed by atoms with Crippen LogP contribution in [-0.2, 0) is 63.2 Å². The summed E-state index contributed by atoms with van der Waals surface area (Å²) in [6.07, 6.45) is -0.533. The van der Waals surface area contributed by atoms with Gasteiger partial charge in [0.1, 0.15) is 6.42 Å². The fraction of sp³-hybridized carbons (Fsp3) is 0.194. The summed E-state index contributed by atoms with van der Waals surface area (Å²) in [6.45, 7) is -0.597. The number of ether oxygens (including phenoxy) is 1. The molecular formula is C31H30O8P2. The van der Waals surface area contributed by atoms with Crippen LogP contribution in [0.3, 0.4) is 0 Å². The second-order valence-corrected chi connectivity index (χ2v) is 14.2. The van der Waals surface area contributed by atoms with Gasteiger partial charge in [0.2, 0.25) is 0 Å².